The fourth-order valence-corrected chi connectivity index (χ4v) is 3.66. The molecular formula is C20H11Cl4N3O5. The third-order valence-electron chi connectivity index (χ3n) is 3.94. The largest absolute Gasteiger partial charge is 0.454 e. The summed E-state index contributed by atoms with van der Waals surface area (Å²) in [5, 5.41) is 15.5. The zero-order valence-electron chi connectivity index (χ0n) is 15.7. The molecule has 2 N–H and O–H groups in total. The molecule has 0 saturated heterocycles. The molecule has 0 saturated carbocycles. The number of ether oxygens (including phenoxy) is 1. The van der Waals surface area contributed by atoms with Crippen LogP contribution in [0.2, 0.25) is 20.1 Å². The average Bonchev–Trinajstić information content (AvgIpc) is 2.70. The van der Waals surface area contributed by atoms with Crippen molar-refractivity contribution in [1.29, 1.82) is 0 Å². The van der Waals surface area contributed by atoms with E-state index in [2.05, 4.69) is 10.6 Å². The number of nitrogens with one attached hydrogen (secondary N) is 2. The molecule has 32 heavy (non-hydrogen) atoms. The summed E-state index contributed by atoms with van der Waals surface area (Å²) < 4.78 is 5.59. The SMILES string of the molecule is O=C(NC(=O)c1c(Cl)cccc1Cl)Nc1cc(Cl)c(Oc2ccc([N+](=O)[O-])cc2)c(Cl)c1. The van der Waals surface area contributed by atoms with Crippen LogP contribution in [-0.2, 0) is 0 Å². The van der Waals surface area contributed by atoms with E-state index >= 15 is 0 Å². The summed E-state index contributed by atoms with van der Waals surface area (Å²) in [6.07, 6.45) is 0. The number of hydrogen-bond donors (Lipinski definition) is 2. The minimum Gasteiger partial charge on any atom is -0.454 e. The number of nitro benzene ring substituents is 1. The molecule has 0 atom stereocenters. The minimum atomic E-state index is -0.873. The first kappa shape index (κ1) is 23.6. The lowest BCUT2D eigenvalue weighted by Crippen LogP contribution is -2.34. The first-order valence-corrected chi connectivity index (χ1v) is 10.1. The van der Waals surface area contributed by atoms with Gasteiger partial charge < -0.3 is 10.1 Å². The number of rotatable bonds is 5. The number of imide groups is 1. The standard InChI is InChI=1S/C20H11Cl4N3O5/c21-13-2-1-3-14(22)17(13)19(28)26-20(29)25-10-8-15(23)18(16(24)9-10)32-12-6-4-11(5-7-12)27(30)31/h1-9H,(H2,25,26,28,29). The van der Waals surface area contributed by atoms with Gasteiger partial charge in [0.15, 0.2) is 5.75 Å². The highest BCUT2D eigenvalue weighted by Crippen LogP contribution is 2.39. The molecule has 0 radical (unpaired) electrons. The number of amides is 3. The number of non-ortho nitro benzene ring substituents is 1. The second-order valence-corrected chi connectivity index (χ2v) is 7.76. The average molecular weight is 515 g/mol. The molecule has 0 aliphatic carbocycles. The quantitative estimate of drug-likeness (QED) is 0.282. The van der Waals surface area contributed by atoms with Gasteiger partial charge >= 0.3 is 6.03 Å². The molecule has 0 aliphatic rings. The molecule has 12 heteroatoms. The van der Waals surface area contributed by atoms with E-state index in [1.54, 1.807) is 6.07 Å². The molecule has 3 aromatic carbocycles. The topological polar surface area (TPSA) is 111 Å². The Bertz CT molecular complexity index is 1180. The fraction of sp³-hybridized carbons (Fsp3) is 0. The Morgan fingerprint density at radius 3 is 1.97 bits per heavy atom. The van der Waals surface area contributed by atoms with Gasteiger partial charge in [-0.05, 0) is 36.4 Å². The van der Waals surface area contributed by atoms with E-state index in [4.69, 9.17) is 51.1 Å². The van der Waals surface area contributed by atoms with Gasteiger partial charge in [-0.3, -0.25) is 20.2 Å². The number of anilines is 1. The van der Waals surface area contributed by atoms with Crippen LogP contribution in [0.25, 0.3) is 0 Å². The third-order valence-corrected chi connectivity index (χ3v) is 5.13. The second kappa shape index (κ2) is 10.1. The monoisotopic (exact) mass is 513 g/mol. The Balaban J connectivity index is 1.71. The number of carbonyl (C=O) groups is 2. The van der Waals surface area contributed by atoms with Crippen molar-refractivity contribution in [3.05, 3.63) is 90.4 Å². The molecule has 0 bridgehead atoms. The predicted octanol–water partition coefficient (Wildman–Crippen LogP) is 6.96. The summed E-state index contributed by atoms with van der Waals surface area (Å²) in [6.45, 7) is 0. The molecule has 0 unspecified atom stereocenters. The summed E-state index contributed by atoms with van der Waals surface area (Å²) >= 11 is 24.3. The van der Waals surface area contributed by atoms with Gasteiger partial charge in [-0.25, -0.2) is 4.79 Å². The number of carbonyl (C=O) groups excluding carboxylic acids is 2. The van der Waals surface area contributed by atoms with Gasteiger partial charge in [-0.15, -0.1) is 0 Å². The van der Waals surface area contributed by atoms with Crippen molar-refractivity contribution in [3.8, 4) is 11.5 Å². The molecule has 0 fully saturated rings. The van der Waals surface area contributed by atoms with E-state index in [1.165, 1.54) is 48.5 Å². The van der Waals surface area contributed by atoms with E-state index in [1.807, 2.05) is 0 Å². The fourth-order valence-electron chi connectivity index (χ4n) is 2.53. The van der Waals surface area contributed by atoms with Crippen LogP contribution < -0.4 is 15.4 Å². The lowest BCUT2D eigenvalue weighted by Gasteiger charge is -2.13. The number of nitrogens with zero attached hydrogens (tertiary/aromatic N) is 1. The van der Waals surface area contributed by atoms with E-state index in [-0.39, 0.29) is 48.5 Å². The van der Waals surface area contributed by atoms with Crippen LogP contribution in [0.4, 0.5) is 16.2 Å². The van der Waals surface area contributed by atoms with Crippen LogP contribution in [0.3, 0.4) is 0 Å². The molecule has 0 spiro atoms. The molecule has 0 aliphatic heterocycles. The van der Waals surface area contributed by atoms with Crippen molar-refractivity contribution in [3.63, 3.8) is 0 Å². The van der Waals surface area contributed by atoms with E-state index < -0.39 is 16.9 Å². The van der Waals surface area contributed by atoms with Gasteiger partial charge in [0.1, 0.15) is 5.75 Å². The van der Waals surface area contributed by atoms with Gasteiger partial charge in [0, 0.05) is 17.8 Å². The lowest BCUT2D eigenvalue weighted by molar-refractivity contribution is -0.384. The first-order chi connectivity index (χ1) is 15.2. The van der Waals surface area contributed by atoms with Gasteiger partial charge in [-0.1, -0.05) is 52.5 Å². The third kappa shape index (κ3) is 5.60. The Morgan fingerprint density at radius 1 is 0.875 bits per heavy atom. The second-order valence-electron chi connectivity index (χ2n) is 6.13. The van der Waals surface area contributed by atoms with Crippen LogP contribution in [0, 0.1) is 10.1 Å². The van der Waals surface area contributed by atoms with E-state index in [0.717, 1.165) is 0 Å². The van der Waals surface area contributed by atoms with Crippen LogP contribution in [0.1, 0.15) is 10.4 Å². The van der Waals surface area contributed by atoms with Crippen LogP contribution in [-0.4, -0.2) is 16.9 Å². The van der Waals surface area contributed by atoms with Gasteiger partial charge in [0.05, 0.1) is 30.6 Å². The molecule has 0 aromatic heterocycles. The van der Waals surface area contributed by atoms with Crippen molar-refractivity contribution in [2.75, 3.05) is 5.32 Å². The summed E-state index contributed by atoms with van der Waals surface area (Å²) in [5.74, 6) is -0.458. The van der Waals surface area contributed by atoms with Gasteiger partial charge in [0.2, 0.25) is 0 Å². The van der Waals surface area contributed by atoms with E-state index in [9.17, 15) is 19.7 Å². The summed E-state index contributed by atoms with van der Waals surface area (Å²) in [5.41, 5.74) is 0.0215. The molecule has 3 rings (SSSR count). The van der Waals surface area contributed by atoms with Crippen molar-refractivity contribution < 1.29 is 19.2 Å². The van der Waals surface area contributed by atoms with Crippen molar-refractivity contribution >= 4 is 69.7 Å². The van der Waals surface area contributed by atoms with Gasteiger partial charge in [0.25, 0.3) is 11.6 Å². The highest BCUT2D eigenvalue weighted by atomic mass is 35.5. The number of halogens is 4. The lowest BCUT2D eigenvalue weighted by atomic mass is 10.2. The number of benzene rings is 3. The molecular weight excluding hydrogens is 504 g/mol. The van der Waals surface area contributed by atoms with Crippen LogP contribution >= 0.6 is 46.4 Å². The molecule has 3 amide bonds. The molecule has 164 valence electrons. The van der Waals surface area contributed by atoms with Crippen LogP contribution in [0.15, 0.2) is 54.6 Å². The summed E-state index contributed by atoms with van der Waals surface area (Å²) in [4.78, 5) is 34.7. The minimum absolute atomic E-state index is 0.0473. The van der Waals surface area contributed by atoms with Crippen molar-refractivity contribution in [1.82, 2.24) is 5.32 Å². The van der Waals surface area contributed by atoms with Crippen molar-refractivity contribution in [2.45, 2.75) is 0 Å². The molecule has 8 nitrogen and oxygen atoms in total. The van der Waals surface area contributed by atoms with Crippen molar-refractivity contribution in [2.24, 2.45) is 0 Å². The van der Waals surface area contributed by atoms with Crippen LogP contribution in [0.5, 0.6) is 11.5 Å². The smallest absolute Gasteiger partial charge is 0.326 e. The maximum absolute atomic E-state index is 12.3. The summed E-state index contributed by atoms with van der Waals surface area (Å²) in [7, 11) is 0. The predicted molar refractivity (Wildman–Crippen MR) is 123 cm³/mol. The first-order valence-electron chi connectivity index (χ1n) is 8.63. The highest BCUT2D eigenvalue weighted by Gasteiger charge is 2.18. The Morgan fingerprint density at radius 2 is 1.44 bits per heavy atom. The number of urea groups is 1. The normalized spacial score (nSPS) is 10.4. The Hall–Kier alpha value is -3.04. The van der Waals surface area contributed by atoms with E-state index in [0.29, 0.717) is 0 Å². The maximum Gasteiger partial charge on any atom is 0.326 e. The molecule has 0 heterocycles. The zero-order chi connectivity index (χ0) is 23.4. The maximum atomic E-state index is 12.3. The Kier molecular flexibility index (Phi) is 7.42. The number of hydrogen-bond acceptors (Lipinski definition) is 5. The highest BCUT2D eigenvalue weighted by molar-refractivity contribution is 6.40. The van der Waals surface area contributed by atoms with Gasteiger partial charge in [-0.2, -0.15) is 0 Å². The zero-order valence-corrected chi connectivity index (χ0v) is 18.7. The summed E-state index contributed by atoms with van der Waals surface area (Å²) in [6, 6.07) is 11.6. The Labute approximate surface area is 201 Å². The molecule has 3 aromatic rings. The number of nitro groups is 1.